The number of amides is 1. The number of pyridine rings is 1. The summed E-state index contributed by atoms with van der Waals surface area (Å²) in [5, 5.41) is 20.0. The monoisotopic (exact) mass is 399 g/mol. The highest BCUT2D eigenvalue weighted by molar-refractivity contribution is 8.00. The fourth-order valence-electron chi connectivity index (χ4n) is 3.89. The Labute approximate surface area is 169 Å². The SMILES string of the molecule is Cc1ncc(CO)c(CN2C(=O)CSC2c2ccc(N3CCCC3)cc2)c1O. The van der Waals surface area contributed by atoms with E-state index in [-0.39, 0.29) is 30.2 Å². The first-order valence-corrected chi connectivity index (χ1v) is 10.7. The lowest BCUT2D eigenvalue weighted by atomic mass is 10.1. The predicted molar refractivity (Wildman–Crippen MR) is 110 cm³/mol. The zero-order valence-electron chi connectivity index (χ0n) is 16.0. The smallest absolute Gasteiger partial charge is 0.234 e. The number of aryl methyl sites for hydroxylation is 1. The molecule has 0 radical (unpaired) electrons. The van der Waals surface area contributed by atoms with Gasteiger partial charge in [-0.15, -0.1) is 11.8 Å². The number of carbonyl (C=O) groups is 1. The number of nitrogens with zero attached hydrogens (tertiary/aromatic N) is 3. The molecule has 0 bridgehead atoms. The van der Waals surface area contributed by atoms with Gasteiger partial charge < -0.3 is 20.0 Å². The van der Waals surface area contributed by atoms with Gasteiger partial charge in [-0.25, -0.2) is 0 Å². The molecule has 1 aromatic carbocycles. The summed E-state index contributed by atoms with van der Waals surface area (Å²) in [4.78, 5) is 20.8. The summed E-state index contributed by atoms with van der Waals surface area (Å²) >= 11 is 1.60. The first kappa shape index (κ1) is 19.1. The molecule has 6 nitrogen and oxygen atoms in total. The van der Waals surface area contributed by atoms with E-state index in [0.29, 0.717) is 22.6 Å². The van der Waals surface area contributed by atoms with Crippen molar-refractivity contribution >= 4 is 23.4 Å². The van der Waals surface area contributed by atoms with E-state index >= 15 is 0 Å². The Hall–Kier alpha value is -2.25. The average Bonchev–Trinajstić information content (AvgIpc) is 3.37. The molecule has 2 aliphatic heterocycles. The molecular formula is C21H25N3O3S. The van der Waals surface area contributed by atoms with Crippen molar-refractivity contribution in [2.24, 2.45) is 0 Å². The van der Waals surface area contributed by atoms with Gasteiger partial charge in [-0.3, -0.25) is 9.78 Å². The minimum absolute atomic E-state index is 0.0383. The molecule has 0 spiro atoms. The number of aliphatic hydroxyl groups is 1. The van der Waals surface area contributed by atoms with Gasteiger partial charge in [-0.1, -0.05) is 12.1 Å². The van der Waals surface area contributed by atoms with E-state index in [1.165, 1.54) is 18.5 Å². The van der Waals surface area contributed by atoms with Crippen LogP contribution in [-0.2, 0) is 17.9 Å². The number of carbonyl (C=O) groups excluding carboxylic acids is 1. The van der Waals surface area contributed by atoms with Crippen LogP contribution in [0.5, 0.6) is 5.75 Å². The molecule has 2 aliphatic rings. The Bertz CT molecular complexity index is 866. The van der Waals surface area contributed by atoms with E-state index in [0.717, 1.165) is 18.7 Å². The van der Waals surface area contributed by atoms with Crippen LogP contribution >= 0.6 is 11.8 Å². The van der Waals surface area contributed by atoms with Gasteiger partial charge in [0, 0.05) is 36.1 Å². The molecular weight excluding hydrogens is 374 g/mol. The number of aromatic hydroxyl groups is 1. The van der Waals surface area contributed by atoms with Gasteiger partial charge in [0.05, 0.1) is 24.6 Å². The van der Waals surface area contributed by atoms with E-state index in [9.17, 15) is 15.0 Å². The highest BCUT2D eigenvalue weighted by Gasteiger charge is 2.34. The number of hydrogen-bond acceptors (Lipinski definition) is 6. The van der Waals surface area contributed by atoms with Crippen LogP contribution in [0.1, 0.15) is 40.6 Å². The zero-order valence-corrected chi connectivity index (χ0v) is 16.8. The molecule has 1 aromatic heterocycles. The van der Waals surface area contributed by atoms with Crippen LogP contribution in [0.4, 0.5) is 5.69 Å². The molecule has 1 atom stereocenters. The van der Waals surface area contributed by atoms with Gasteiger partial charge in [0.1, 0.15) is 11.1 Å². The number of anilines is 1. The summed E-state index contributed by atoms with van der Waals surface area (Å²) < 4.78 is 0. The van der Waals surface area contributed by atoms with Crippen LogP contribution in [-0.4, -0.2) is 44.8 Å². The van der Waals surface area contributed by atoms with Gasteiger partial charge in [0.15, 0.2) is 0 Å². The molecule has 1 amide bonds. The van der Waals surface area contributed by atoms with Crippen molar-refractivity contribution in [3.05, 3.63) is 52.8 Å². The normalized spacial score (nSPS) is 19.6. The molecule has 2 aromatic rings. The second kappa shape index (κ2) is 8.01. The van der Waals surface area contributed by atoms with Gasteiger partial charge >= 0.3 is 0 Å². The lowest BCUT2D eigenvalue weighted by molar-refractivity contribution is -0.128. The lowest BCUT2D eigenvalue weighted by Gasteiger charge is -2.26. The number of benzene rings is 1. The van der Waals surface area contributed by atoms with E-state index in [1.807, 2.05) is 0 Å². The van der Waals surface area contributed by atoms with Crippen LogP contribution in [0, 0.1) is 6.92 Å². The second-order valence-electron chi connectivity index (χ2n) is 7.32. The third kappa shape index (κ3) is 3.56. The third-order valence-corrected chi connectivity index (χ3v) is 6.80. The molecule has 7 heteroatoms. The van der Waals surface area contributed by atoms with E-state index in [2.05, 4.69) is 34.1 Å². The Morgan fingerprint density at radius 3 is 2.61 bits per heavy atom. The second-order valence-corrected chi connectivity index (χ2v) is 8.39. The standard InChI is InChI=1S/C21H25N3O3S/c1-14-20(27)18(16(12-25)10-22-14)11-24-19(26)13-28-21(24)15-4-6-17(7-5-15)23-8-2-3-9-23/h4-7,10,21,25,27H,2-3,8-9,11-13H2,1H3. The summed E-state index contributed by atoms with van der Waals surface area (Å²) in [6, 6.07) is 8.47. The predicted octanol–water partition coefficient (Wildman–Crippen LogP) is 2.96. The summed E-state index contributed by atoms with van der Waals surface area (Å²) in [6.07, 6.45) is 4.05. The molecule has 4 rings (SSSR count). The molecule has 0 aliphatic carbocycles. The van der Waals surface area contributed by atoms with Crippen LogP contribution in [0.3, 0.4) is 0 Å². The maximum atomic E-state index is 12.6. The van der Waals surface area contributed by atoms with Crippen molar-refractivity contribution in [2.45, 2.75) is 38.3 Å². The van der Waals surface area contributed by atoms with Crippen molar-refractivity contribution in [3.63, 3.8) is 0 Å². The molecule has 2 N–H and O–H groups in total. The molecule has 1 unspecified atom stereocenters. The van der Waals surface area contributed by atoms with Gasteiger partial charge in [-0.05, 0) is 37.5 Å². The summed E-state index contributed by atoms with van der Waals surface area (Å²) in [5.74, 6) is 0.508. The minimum atomic E-state index is -0.222. The van der Waals surface area contributed by atoms with Crippen molar-refractivity contribution in [3.8, 4) is 5.75 Å². The first-order valence-electron chi connectivity index (χ1n) is 9.61. The molecule has 28 heavy (non-hydrogen) atoms. The molecule has 148 valence electrons. The number of thioether (sulfide) groups is 1. The summed E-state index contributed by atoms with van der Waals surface area (Å²) in [6.45, 7) is 3.96. The van der Waals surface area contributed by atoms with E-state index < -0.39 is 0 Å². The quantitative estimate of drug-likeness (QED) is 0.805. The molecule has 2 fully saturated rings. The van der Waals surface area contributed by atoms with Crippen molar-refractivity contribution < 1.29 is 15.0 Å². The maximum absolute atomic E-state index is 12.6. The summed E-state index contributed by atoms with van der Waals surface area (Å²) in [5.41, 5.74) is 3.93. The fourth-order valence-corrected chi connectivity index (χ4v) is 5.08. The van der Waals surface area contributed by atoms with E-state index in [1.54, 1.807) is 29.8 Å². The number of hydrogen-bond donors (Lipinski definition) is 2. The molecule has 0 saturated carbocycles. The Morgan fingerprint density at radius 1 is 1.21 bits per heavy atom. The number of aromatic nitrogens is 1. The van der Waals surface area contributed by atoms with Crippen molar-refractivity contribution in [1.82, 2.24) is 9.88 Å². The van der Waals surface area contributed by atoms with Crippen LogP contribution in [0.15, 0.2) is 30.5 Å². The maximum Gasteiger partial charge on any atom is 0.234 e. The minimum Gasteiger partial charge on any atom is -0.506 e. The highest BCUT2D eigenvalue weighted by atomic mass is 32.2. The van der Waals surface area contributed by atoms with Gasteiger partial charge in [-0.2, -0.15) is 0 Å². The van der Waals surface area contributed by atoms with Gasteiger partial charge in [0.2, 0.25) is 5.91 Å². The van der Waals surface area contributed by atoms with Crippen molar-refractivity contribution in [1.29, 1.82) is 0 Å². The van der Waals surface area contributed by atoms with Gasteiger partial charge in [0.25, 0.3) is 0 Å². The first-order chi connectivity index (χ1) is 13.6. The zero-order chi connectivity index (χ0) is 19.7. The lowest BCUT2D eigenvalue weighted by Crippen LogP contribution is -2.28. The van der Waals surface area contributed by atoms with Crippen molar-refractivity contribution in [2.75, 3.05) is 23.7 Å². The van der Waals surface area contributed by atoms with Crippen LogP contribution < -0.4 is 4.90 Å². The molecule has 2 saturated heterocycles. The number of aliphatic hydroxyl groups excluding tert-OH is 1. The highest BCUT2D eigenvalue weighted by Crippen LogP contribution is 2.41. The average molecular weight is 400 g/mol. The Kier molecular flexibility index (Phi) is 5.46. The van der Waals surface area contributed by atoms with E-state index in [4.69, 9.17) is 0 Å². The molecule has 3 heterocycles. The van der Waals surface area contributed by atoms with Crippen LogP contribution in [0.25, 0.3) is 0 Å². The third-order valence-electron chi connectivity index (χ3n) is 5.55. The fraction of sp³-hybridized carbons (Fsp3) is 0.429. The summed E-state index contributed by atoms with van der Waals surface area (Å²) in [7, 11) is 0. The Balaban J connectivity index is 1.59. The number of rotatable bonds is 5. The Morgan fingerprint density at radius 2 is 1.93 bits per heavy atom. The topological polar surface area (TPSA) is 76.9 Å². The largest absolute Gasteiger partial charge is 0.506 e. The van der Waals surface area contributed by atoms with Crippen LogP contribution in [0.2, 0.25) is 0 Å².